The van der Waals surface area contributed by atoms with Gasteiger partial charge in [-0.05, 0) is 48.7 Å². The van der Waals surface area contributed by atoms with E-state index in [4.69, 9.17) is 11.6 Å². The highest BCUT2D eigenvalue weighted by Gasteiger charge is 2.45. The molecule has 0 bridgehead atoms. The second-order valence-electron chi connectivity index (χ2n) is 7.86. The summed E-state index contributed by atoms with van der Waals surface area (Å²) in [4.78, 5) is 21.4. The lowest BCUT2D eigenvalue weighted by Crippen LogP contribution is -2.47. The van der Waals surface area contributed by atoms with Gasteiger partial charge in [-0.25, -0.2) is 4.98 Å². The number of piperidine rings is 1. The largest absolute Gasteiger partial charge is 0.340 e. The summed E-state index contributed by atoms with van der Waals surface area (Å²) in [6.07, 6.45) is 1.89. The molecule has 3 aromatic rings. The summed E-state index contributed by atoms with van der Waals surface area (Å²) in [5.41, 5.74) is 4.40. The first-order valence-corrected chi connectivity index (χ1v) is 10.4. The van der Waals surface area contributed by atoms with Crippen LogP contribution in [0.15, 0.2) is 72.8 Å². The zero-order valence-electron chi connectivity index (χ0n) is 16.1. The number of benzene rings is 2. The summed E-state index contributed by atoms with van der Waals surface area (Å²) in [5.74, 6) is -0.0338. The van der Waals surface area contributed by atoms with Crippen LogP contribution in [0.4, 0.5) is 11.4 Å². The Kier molecular flexibility index (Phi) is 4.51. The molecule has 5 rings (SSSR count). The van der Waals surface area contributed by atoms with Crippen molar-refractivity contribution in [3.05, 3.63) is 89.2 Å². The quantitative estimate of drug-likeness (QED) is 0.561. The average Bonchev–Trinajstić information content (AvgIpc) is 3.09. The maximum atomic E-state index is 12.9. The monoisotopic (exact) mass is 403 g/mol. The number of nitrogens with zero attached hydrogens (tertiary/aromatic N) is 3. The van der Waals surface area contributed by atoms with Crippen molar-refractivity contribution in [1.29, 1.82) is 0 Å². The lowest BCUT2D eigenvalue weighted by molar-refractivity contribution is 0.0669. The Morgan fingerprint density at radius 1 is 0.897 bits per heavy atom. The average molecular weight is 404 g/mol. The topological polar surface area (TPSA) is 36.4 Å². The summed E-state index contributed by atoms with van der Waals surface area (Å²) in [6.45, 7) is 2.40. The Bertz CT molecular complexity index is 1040. The van der Waals surface area contributed by atoms with Crippen molar-refractivity contribution in [1.82, 2.24) is 9.88 Å². The third kappa shape index (κ3) is 3.18. The minimum atomic E-state index is -0.0338. The molecule has 3 heterocycles. The molecule has 5 heteroatoms. The molecule has 29 heavy (non-hydrogen) atoms. The summed E-state index contributed by atoms with van der Waals surface area (Å²) in [6, 6.07) is 24.5. The molecule has 1 spiro atoms. The van der Waals surface area contributed by atoms with Gasteiger partial charge in [0.15, 0.2) is 0 Å². The second-order valence-corrected chi connectivity index (χ2v) is 8.24. The first-order chi connectivity index (χ1) is 14.2. The number of rotatable bonds is 2. The molecule has 0 saturated carbocycles. The van der Waals surface area contributed by atoms with E-state index in [9.17, 15) is 4.79 Å². The van der Waals surface area contributed by atoms with Crippen molar-refractivity contribution in [3.8, 4) is 0 Å². The maximum absolute atomic E-state index is 12.9. The van der Waals surface area contributed by atoms with E-state index >= 15 is 0 Å². The molecule has 4 nitrogen and oxygen atoms in total. The van der Waals surface area contributed by atoms with Crippen molar-refractivity contribution in [3.63, 3.8) is 0 Å². The summed E-state index contributed by atoms with van der Waals surface area (Å²) < 4.78 is 0. The van der Waals surface area contributed by atoms with Crippen molar-refractivity contribution < 1.29 is 4.79 Å². The Labute approximate surface area is 175 Å². The SMILES string of the molecule is O=C(c1cccc(Cl)n1)N1CCC2(CC1)CN(c1ccccc1)c1ccccc12. The Hall–Kier alpha value is -2.85. The summed E-state index contributed by atoms with van der Waals surface area (Å²) in [7, 11) is 0. The predicted octanol–water partition coefficient (Wildman–Crippen LogP) is 5.06. The van der Waals surface area contributed by atoms with E-state index in [1.165, 1.54) is 16.9 Å². The van der Waals surface area contributed by atoms with E-state index in [2.05, 4.69) is 64.5 Å². The minimum Gasteiger partial charge on any atom is -0.340 e. The normalized spacial score (nSPS) is 17.4. The summed E-state index contributed by atoms with van der Waals surface area (Å²) in [5, 5.41) is 0.354. The molecule has 0 unspecified atom stereocenters. The van der Waals surface area contributed by atoms with Gasteiger partial charge >= 0.3 is 0 Å². The van der Waals surface area contributed by atoms with E-state index in [-0.39, 0.29) is 11.3 Å². The number of hydrogen-bond acceptors (Lipinski definition) is 3. The van der Waals surface area contributed by atoms with Gasteiger partial charge in [0.25, 0.3) is 5.91 Å². The number of halogens is 1. The van der Waals surface area contributed by atoms with E-state index in [0.717, 1.165) is 32.5 Å². The van der Waals surface area contributed by atoms with Crippen LogP contribution >= 0.6 is 11.6 Å². The fraction of sp³-hybridized carbons (Fsp3) is 0.250. The molecular weight excluding hydrogens is 382 g/mol. The van der Waals surface area contributed by atoms with Crippen molar-refractivity contribution in [2.75, 3.05) is 24.5 Å². The smallest absolute Gasteiger partial charge is 0.272 e. The van der Waals surface area contributed by atoms with Crippen LogP contribution in [0, 0.1) is 0 Å². The number of fused-ring (bicyclic) bond motifs is 2. The fourth-order valence-electron chi connectivity index (χ4n) is 4.72. The predicted molar refractivity (Wildman–Crippen MR) is 116 cm³/mol. The van der Waals surface area contributed by atoms with E-state index in [0.29, 0.717) is 10.8 Å². The number of hydrogen-bond donors (Lipinski definition) is 0. The van der Waals surface area contributed by atoms with Gasteiger partial charge in [-0.2, -0.15) is 0 Å². The van der Waals surface area contributed by atoms with Gasteiger partial charge in [-0.1, -0.05) is 54.1 Å². The molecule has 1 amide bonds. The number of amides is 1. The maximum Gasteiger partial charge on any atom is 0.272 e. The van der Waals surface area contributed by atoms with Crippen LogP contribution in [0.25, 0.3) is 0 Å². The lowest BCUT2D eigenvalue weighted by atomic mass is 9.74. The van der Waals surface area contributed by atoms with Gasteiger partial charge in [-0.15, -0.1) is 0 Å². The number of para-hydroxylation sites is 2. The number of likely N-dealkylation sites (tertiary alicyclic amines) is 1. The van der Waals surface area contributed by atoms with Crippen LogP contribution < -0.4 is 4.90 Å². The van der Waals surface area contributed by atoms with Gasteiger partial charge in [-0.3, -0.25) is 4.79 Å². The van der Waals surface area contributed by atoms with Crippen LogP contribution in [-0.2, 0) is 5.41 Å². The van der Waals surface area contributed by atoms with Crippen LogP contribution in [0.1, 0.15) is 28.9 Å². The molecule has 1 fully saturated rings. The number of pyridine rings is 1. The van der Waals surface area contributed by atoms with Gasteiger partial charge < -0.3 is 9.80 Å². The second kappa shape index (κ2) is 7.20. The number of aromatic nitrogens is 1. The zero-order valence-corrected chi connectivity index (χ0v) is 16.8. The molecule has 0 N–H and O–H groups in total. The van der Waals surface area contributed by atoms with Gasteiger partial charge in [0.1, 0.15) is 10.8 Å². The van der Waals surface area contributed by atoms with Crippen LogP contribution in [0.2, 0.25) is 5.15 Å². The van der Waals surface area contributed by atoms with Gasteiger partial charge in [0.05, 0.1) is 0 Å². The van der Waals surface area contributed by atoms with Crippen LogP contribution in [-0.4, -0.2) is 35.4 Å². The fourth-order valence-corrected chi connectivity index (χ4v) is 4.89. The number of carbonyl (C=O) groups is 1. The Morgan fingerprint density at radius 3 is 2.38 bits per heavy atom. The highest BCUT2D eigenvalue weighted by atomic mass is 35.5. The standard InChI is InChI=1S/C24H22ClN3O/c25-22-12-6-10-20(26-22)23(29)27-15-13-24(14-16-27)17-28(18-7-2-1-3-8-18)21-11-5-4-9-19(21)24/h1-12H,13-17H2. The number of carbonyl (C=O) groups excluding carboxylic acids is 1. The minimum absolute atomic E-state index is 0.0338. The highest BCUT2D eigenvalue weighted by Crippen LogP contribution is 2.49. The van der Waals surface area contributed by atoms with Crippen molar-refractivity contribution in [2.24, 2.45) is 0 Å². The molecule has 1 aromatic heterocycles. The summed E-state index contributed by atoms with van der Waals surface area (Å²) >= 11 is 5.97. The Balaban J connectivity index is 1.40. The molecule has 0 radical (unpaired) electrons. The first kappa shape index (κ1) is 18.2. The highest BCUT2D eigenvalue weighted by molar-refractivity contribution is 6.29. The number of anilines is 2. The Morgan fingerprint density at radius 2 is 1.62 bits per heavy atom. The van der Waals surface area contributed by atoms with Crippen molar-refractivity contribution >= 4 is 28.9 Å². The van der Waals surface area contributed by atoms with Gasteiger partial charge in [0.2, 0.25) is 0 Å². The van der Waals surface area contributed by atoms with Crippen LogP contribution in [0.5, 0.6) is 0 Å². The molecule has 146 valence electrons. The molecule has 0 atom stereocenters. The lowest BCUT2D eigenvalue weighted by Gasteiger charge is -2.40. The van der Waals surface area contributed by atoms with Crippen molar-refractivity contribution in [2.45, 2.75) is 18.3 Å². The first-order valence-electron chi connectivity index (χ1n) is 10.0. The molecule has 0 aliphatic carbocycles. The van der Waals surface area contributed by atoms with E-state index < -0.39 is 0 Å². The van der Waals surface area contributed by atoms with E-state index in [1.807, 2.05) is 4.90 Å². The third-order valence-electron chi connectivity index (χ3n) is 6.24. The molecular formula is C24H22ClN3O. The van der Waals surface area contributed by atoms with Gasteiger partial charge in [0, 0.05) is 36.4 Å². The van der Waals surface area contributed by atoms with E-state index in [1.54, 1.807) is 18.2 Å². The molecule has 1 saturated heterocycles. The molecule has 2 aliphatic heterocycles. The third-order valence-corrected chi connectivity index (χ3v) is 6.45. The molecule has 2 aromatic carbocycles. The zero-order chi connectivity index (χ0) is 19.8. The van der Waals surface area contributed by atoms with Crippen LogP contribution in [0.3, 0.4) is 0 Å². The molecule has 2 aliphatic rings.